The van der Waals surface area contributed by atoms with Gasteiger partial charge in [-0.2, -0.15) is 8.42 Å². The van der Waals surface area contributed by atoms with Crippen LogP contribution in [-0.4, -0.2) is 15.0 Å². The maximum atomic E-state index is 11.6. The summed E-state index contributed by atoms with van der Waals surface area (Å²) in [6.45, 7) is -0.832. The average Bonchev–Trinajstić information content (AvgIpc) is 2.17. The van der Waals surface area contributed by atoms with Gasteiger partial charge in [0.05, 0.1) is 7.64 Å². The summed E-state index contributed by atoms with van der Waals surface area (Å²) in [5, 5.41) is 0. The maximum Gasteiger partial charge on any atom is 0.297 e. The zero-order chi connectivity index (χ0) is 12.4. The van der Waals surface area contributed by atoms with Crippen LogP contribution in [0.3, 0.4) is 0 Å². The Morgan fingerprint density at radius 2 is 2.07 bits per heavy atom. The Balaban J connectivity index is 3.05. The summed E-state index contributed by atoms with van der Waals surface area (Å²) in [6, 6.07) is 5.83. The van der Waals surface area contributed by atoms with E-state index in [1.54, 1.807) is 25.0 Å². The van der Waals surface area contributed by atoms with Crippen LogP contribution in [0.4, 0.5) is 0 Å². The molecule has 0 aliphatic carbocycles. The third-order valence-electron chi connectivity index (χ3n) is 1.52. The van der Waals surface area contributed by atoms with E-state index in [1.165, 1.54) is 12.1 Å². The van der Waals surface area contributed by atoms with Gasteiger partial charge in [-0.3, -0.25) is 4.18 Å². The van der Waals surface area contributed by atoms with Crippen LogP contribution in [0, 0.1) is 19.3 Å². The first-order valence-electron chi connectivity index (χ1n) is 4.77. The first-order chi connectivity index (χ1) is 7.27. The van der Waals surface area contributed by atoms with Crippen molar-refractivity contribution in [3.05, 3.63) is 29.8 Å². The molecule has 0 aromatic heterocycles. The highest BCUT2D eigenvalue weighted by Crippen LogP contribution is 2.12. The van der Waals surface area contributed by atoms with Crippen LogP contribution in [0.25, 0.3) is 0 Å². The van der Waals surface area contributed by atoms with Crippen molar-refractivity contribution in [2.75, 3.05) is 6.56 Å². The molecule has 0 aliphatic heterocycles. The van der Waals surface area contributed by atoms with E-state index in [0.29, 0.717) is 0 Å². The largest absolute Gasteiger partial charge is 0.297 e. The number of rotatable bonds is 3. The highest BCUT2D eigenvalue weighted by atomic mass is 32.2. The second-order valence-electron chi connectivity index (χ2n) is 2.60. The van der Waals surface area contributed by atoms with Gasteiger partial charge in [0.2, 0.25) is 0 Å². The summed E-state index contributed by atoms with van der Waals surface area (Å²) < 4.78 is 41.5. The van der Waals surface area contributed by atoms with Crippen molar-refractivity contribution in [3.8, 4) is 12.3 Å². The van der Waals surface area contributed by atoms with Gasteiger partial charge in [-0.05, 0) is 19.1 Å². The van der Waals surface area contributed by atoms with Gasteiger partial charge in [-0.25, -0.2) is 0 Å². The molecular weight excluding hydrogens is 200 g/mol. The summed E-state index contributed by atoms with van der Waals surface area (Å²) in [5.74, 6) is 1.61. The molecule has 0 unspecified atom stereocenters. The third-order valence-corrected chi connectivity index (χ3v) is 2.67. The van der Waals surface area contributed by atoms with E-state index in [0.717, 1.165) is 5.56 Å². The van der Waals surface area contributed by atoms with Gasteiger partial charge in [0.25, 0.3) is 10.1 Å². The van der Waals surface area contributed by atoms with Gasteiger partial charge in [-0.1, -0.05) is 23.6 Å². The lowest BCUT2D eigenvalue weighted by atomic mass is 10.2. The molecule has 0 aliphatic rings. The lowest BCUT2D eigenvalue weighted by Gasteiger charge is -2.02. The minimum atomic E-state index is -4.16. The Hall–Kier alpha value is -1.31. The zero-order valence-corrected chi connectivity index (χ0v) is 8.34. The topological polar surface area (TPSA) is 43.4 Å². The number of aryl methyl sites for hydroxylation is 1. The van der Waals surface area contributed by atoms with Crippen LogP contribution >= 0.6 is 0 Å². The Kier molecular flexibility index (Phi) is 2.45. The van der Waals surface area contributed by atoms with E-state index in [9.17, 15) is 8.42 Å². The molecule has 0 heterocycles. The molecule has 0 saturated carbocycles. The van der Waals surface area contributed by atoms with E-state index in [2.05, 4.69) is 4.18 Å². The molecule has 1 aromatic carbocycles. The number of hydrogen-bond donors (Lipinski definition) is 0. The fraction of sp³-hybridized carbons (Fsp3) is 0.200. The van der Waals surface area contributed by atoms with E-state index in [1.807, 2.05) is 0 Å². The van der Waals surface area contributed by atoms with Gasteiger partial charge >= 0.3 is 0 Å². The van der Waals surface area contributed by atoms with Crippen LogP contribution in [0.1, 0.15) is 8.30 Å². The standard InChI is InChI=1S/C10H10O3S/c1-3-8-13-14(11,12)10-6-4-9(2)5-7-10/h1,4-7H,8H2,2H3/i8D2. The van der Waals surface area contributed by atoms with Crippen molar-refractivity contribution in [1.29, 1.82) is 0 Å². The molecule has 1 aromatic rings. The summed E-state index contributed by atoms with van der Waals surface area (Å²) in [7, 11) is -4.16. The minimum absolute atomic E-state index is 0.128. The first-order valence-corrected chi connectivity index (χ1v) is 5.18. The van der Waals surface area contributed by atoms with E-state index >= 15 is 0 Å². The van der Waals surface area contributed by atoms with E-state index in [-0.39, 0.29) is 4.90 Å². The lowest BCUT2D eigenvalue weighted by molar-refractivity contribution is 0.363. The van der Waals surface area contributed by atoms with Gasteiger partial charge in [0.1, 0.15) is 6.56 Å². The van der Waals surface area contributed by atoms with Crippen molar-refractivity contribution in [2.45, 2.75) is 11.8 Å². The molecule has 0 fully saturated rings. The third kappa shape index (κ3) is 2.59. The van der Waals surface area contributed by atoms with Gasteiger partial charge in [0.15, 0.2) is 0 Å². The number of benzene rings is 1. The van der Waals surface area contributed by atoms with E-state index < -0.39 is 16.7 Å². The van der Waals surface area contributed by atoms with Crippen molar-refractivity contribution in [2.24, 2.45) is 0 Å². The molecule has 0 saturated heterocycles. The molecule has 0 radical (unpaired) electrons. The van der Waals surface area contributed by atoms with Gasteiger partial charge in [-0.15, -0.1) is 6.42 Å². The van der Waals surface area contributed by atoms with Crippen LogP contribution in [0.15, 0.2) is 29.2 Å². The van der Waals surface area contributed by atoms with Crippen LogP contribution in [0.5, 0.6) is 0 Å². The maximum absolute atomic E-state index is 11.6. The summed E-state index contributed by atoms with van der Waals surface area (Å²) in [4.78, 5) is -0.128. The van der Waals surface area contributed by atoms with Crippen molar-refractivity contribution < 1.29 is 15.3 Å². The first kappa shape index (κ1) is 8.04. The molecular formula is C10H10O3S. The highest BCUT2D eigenvalue weighted by molar-refractivity contribution is 7.86. The predicted octanol–water partition coefficient (Wildman–Crippen LogP) is 1.33. The molecule has 0 amide bonds. The smallest absolute Gasteiger partial charge is 0.253 e. The fourth-order valence-corrected chi connectivity index (χ4v) is 1.56. The van der Waals surface area contributed by atoms with E-state index in [4.69, 9.17) is 9.16 Å². The highest BCUT2D eigenvalue weighted by Gasteiger charge is 2.13. The Morgan fingerprint density at radius 1 is 1.50 bits per heavy atom. The molecule has 0 spiro atoms. The Labute approximate surface area is 86.6 Å². The monoisotopic (exact) mass is 212 g/mol. The SMILES string of the molecule is [2H]C([2H])(C#C)OS(=O)(=O)c1ccc(C)cc1. The van der Waals surface area contributed by atoms with Crippen LogP contribution in [-0.2, 0) is 14.3 Å². The number of hydrogen-bond acceptors (Lipinski definition) is 3. The normalized spacial score (nSPS) is 14.0. The van der Waals surface area contributed by atoms with Crippen molar-refractivity contribution >= 4 is 10.1 Å². The molecule has 1 rings (SSSR count). The average molecular weight is 212 g/mol. The summed E-state index contributed by atoms with van der Waals surface area (Å²) in [6.07, 6.45) is 4.80. The second-order valence-corrected chi connectivity index (χ2v) is 4.14. The Morgan fingerprint density at radius 3 is 2.57 bits per heavy atom. The number of terminal acetylenes is 1. The predicted molar refractivity (Wildman–Crippen MR) is 53.1 cm³/mol. The van der Waals surface area contributed by atoms with Gasteiger partial charge in [0, 0.05) is 0 Å². The van der Waals surface area contributed by atoms with Crippen LogP contribution < -0.4 is 0 Å². The minimum Gasteiger partial charge on any atom is -0.253 e. The second kappa shape index (κ2) is 4.27. The van der Waals surface area contributed by atoms with Gasteiger partial charge < -0.3 is 0 Å². The Bertz CT molecular complexity index is 512. The zero-order valence-electron chi connectivity index (χ0n) is 9.52. The molecule has 0 atom stereocenters. The molecule has 4 heteroatoms. The van der Waals surface area contributed by atoms with Crippen molar-refractivity contribution in [3.63, 3.8) is 0 Å². The molecule has 0 bridgehead atoms. The van der Waals surface area contributed by atoms with Crippen LogP contribution in [0.2, 0.25) is 0 Å². The molecule has 74 valence electrons. The molecule has 3 nitrogen and oxygen atoms in total. The molecule has 14 heavy (non-hydrogen) atoms. The quantitative estimate of drug-likeness (QED) is 0.561. The summed E-state index contributed by atoms with van der Waals surface area (Å²) in [5.41, 5.74) is 0.888. The van der Waals surface area contributed by atoms with Crippen molar-refractivity contribution in [1.82, 2.24) is 0 Å². The lowest BCUT2D eigenvalue weighted by Crippen LogP contribution is -2.06. The summed E-state index contributed by atoms with van der Waals surface area (Å²) >= 11 is 0. The fourth-order valence-electron chi connectivity index (χ4n) is 0.832. The molecule has 0 N–H and O–H groups in total.